The summed E-state index contributed by atoms with van der Waals surface area (Å²) in [4.78, 5) is 12.5. The van der Waals surface area contributed by atoms with Gasteiger partial charge in [0.05, 0.1) is 19.5 Å². The lowest BCUT2D eigenvalue weighted by Gasteiger charge is -2.37. The molecular formula is C17H14F4N2O4S. The molecule has 1 aliphatic rings. The second kappa shape index (κ2) is 7.40. The van der Waals surface area contributed by atoms with E-state index in [0.717, 1.165) is 23.5 Å². The van der Waals surface area contributed by atoms with Crippen molar-refractivity contribution in [2.24, 2.45) is 0 Å². The number of halogens is 4. The molecule has 0 N–H and O–H groups in total. The van der Waals surface area contributed by atoms with Gasteiger partial charge in [-0.25, -0.2) is 26.0 Å². The van der Waals surface area contributed by atoms with Gasteiger partial charge in [0.25, 0.3) is 0 Å². The van der Waals surface area contributed by atoms with Crippen LogP contribution in [-0.4, -0.2) is 39.0 Å². The highest BCUT2D eigenvalue weighted by molar-refractivity contribution is 7.89. The molecule has 0 saturated carbocycles. The minimum atomic E-state index is -4.30. The van der Waals surface area contributed by atoms with Gasteiger partial charge in [0, 0.05) is 18.2 Å². The van der Waals surface area contributed by atoms with Crippen molar-refractivity contribution in [1.29, 1.82) is 0 Å². The fourth-order valence-corrected chi connectivity index (χ4v) is 4.40. The Morgan fingerprint density at radius 1 is 1.07 bits per heavy atom. The Balaban J connectivity index is 2.05. The molecule has 1 aliphatic heterocycles. The van der Waals surface area contributed by atoms with Crippen LogP contribution in [0.2, 0.25) is 0 Å². The number of hydrogen-bond acceptors (Lipinski definition) is 5. The van der Waals surface area contributed by atoms with E-state index in [0.29, 0.717) is 12.1 Å². The maximum atomic E-state index is 14.0. The number of carbonyl (C=O) groups is 1. The zero-order valence-electron chi connectivity index (χ0n) is 14.5. The summed E-state index contributed by atoms with van der Waals surface area (Å²) in [5.74, 6) is -5.42. The van der Waals surface area contributed by atoms with Crippen LogP contribution in [-0.2, 0) is 26.1 Å². The SMILES string of the molecule is COC(=O)CN1CN(Cc2cc(F)c(F)cc2F)S(=O)(=O)c2cc(F)ccc21. The maximum absolute atomic E-state index is 14.0. The smallest absolute Gasteiger partial charge is 0.325 e. The van der Waals surface area contributed by atoms with Crippen LogP contribution in [0.4, 0.5) is 23.2 Å². The summed E-state index contributed by atoms with van der Waals surface area (Å²) in [5.41, 5.74) is -0.353. The van der Waals surface area contributed by atoms with Crippen molar-refractivity contribution in [2.45, 2.75) is 11.4 Å². The van der Waals surface area contributed by atoms with Gasteiger partial charge in [0.1, 0.15) is 23.1 Å². The first kappa shape index (κ1) is 20.1. The number of hydrogen-bond donors (Lipinski definition) is 0. The van der Waals surface area contributed by atoms with Crippen LogP contribution in [0.3, 0.4) is 0 Å². The van der Waals surface area contributed by atoms with E-state index in [1.54, 1.807) is 0 Å². The molecule has 150 valence electrons. The molecule has 2 aromatic rings. The Labute approximate surface area is 158 Å². The number of nitrogens with zero attached hydrogens (tertiary/aromatic N) is 2. The molecule has 0 saturated heterocycles. The van der Waals surface area contributed by atoms with E-state index >= 15 is 0 Å². The first-order valence-corrected chi connectivity index (χ1v) is 9.32. The number of sulfonamides is 1. The zero-order chi connectivity index (χ0) is 20.6. The Hall–Kier alpha value is -2.66. The molecule has 1 heterocycles. The van der Waals surface area contributed by atoms with E-state index in [1.165, 1.54) is 11.0 Å². The van der Waals surface area contributed by atoms with Crippen molar-refractivity contribution in [3.63, 3.8) is 0 Å². The second-order valence-corrected chi connectivity index (χ2v) is 7.91. The molecule has 3 rings (SSSR count). The molecule has 0 fully saturated rings. The Kier molecular flexibility index (Phi) is 5.31. The van der Waals surface area contributed by atoms with E-state index in [4.69, 9.17) is 0 Å². The lowest BCUT2D eigenvalue weighted by atomic mass is 10.2. The van der Waals surface area contributed by atoms with E-state index in [9.17, 15) is 30.8 Å². The molecule has 6 nitrogen and oxygen atoms in total. The van der Waals surface area contributed by atoms with Gasteiger partial charge >= 0.3 is 5.97 Å². The predicted molar refractivity (Wildman–Crippen MR) is 89.7 cm³/mol. The number of ether oxygens (including phenoxy) is 1. The van der Waals surface area contributed by atoms with Crippen LogP contribution >= 0.6 is 0 Å². The lowest BCUT2D eigenvalue weighted by Crippen LogP contribution is -2.48. The maximum Gasteiger partial charge on any atom is 0.325 e. The van der Waals surface area contributed by atoms with Gasteiger partial charge in [-0.05, 0) is 24.3 Å². The zero-order valence-corrected chi connectivity index (χ0v) is 15.3. The van der Waals surface area contributed by atoms with Gasteiger partial charge in [-0.1, -0.05) is 0 Å². The lowest BCUT2D eigenvalue weighted by molar-refractivity contribution is -0.139. The predicted octanol–water partition coefficient (Wildman–Crippen LogP) is 2.38. The molecule has 0 spiro atoms. The summed E-state index contributed by atoms with van der Waals surface area (Å²) in [5, 5.41) is 0. The number of anilines is 1. The molecule has 0 aromatic heterocycles. The van der Waals surface area contributed by atoms with Crippen molar-refractivity contribution < 1.29 is 35.5 Å². The molecule has 28 heavy (non-hydrogen) atoms. The highest BCUT2D eigenvalue weighted by Gasteiger charge is 2.37. The molecule has 0 unspecified atom stereocenters. The van der Waals surface area contributed by atoms with Gasteiger partial charge in [-0.15, -0.1) is 0 Å². The highest BCUT2D eigenvalue weighted by Crippen LogP contribution is 2.34. The first-order valence-electron chi connectivity index (χ1n) is 7.88. The molecule has 0 bridgehead atoms. The van der Waals surface area contributed by atoms with Crippen LogP contribution in [0.1, 0.15) is 5.56 Å². The van der Waals surface area contributed by atoms with E-state index in [-0.39, 0.29) is 12.2 Å². The minimum Gasteiger partial charge on any atom is -0.468 e. The largest absolute Gasteiger partial charge is 0.468 e. The number of methoxy groups -OCH3 is 1. The Bertz CT molecular complexity index is 1050. The fraction of sp³-hybridized carbons (Fsp3) is 0.235. The number of esters is 1. The van der Waals surface area contributed by atoms with Gasteiger partial charge in [-0.3, -0.25) is 4.79 Å². The second-order valence-electron chi connectivity index (χ2n) is 6.00. The number of fused-ring (bicyclic) bond motifs is 1. The van der Waals surface area contributed by atoms with Crippen LogP contribution < -0.4 is 4.90 Å². The topological polar surface area (TPSA) is 66.9 Å². The third-order valence-electron chi connectivity index (χ3n) is 4.19. The monoisotopic (exact) mass is 418 g/mol. The molecule has 0 radical (unpaired) electrons. The van der Waals surface area contributed by atoms with Gasteiger partial charge in [0.2, 0.25) is 10.0 Å². The number of rotatable bonds is 4. The van der Waals surface area contributed by atoms with Crippen LogP contribution in [0.25, 0.3) is 0 Å². The molecule has 0 aliphatic carbocycles. The van der Waals surface area contributed by atoms with Crippen molar-refractivity contribution in [1.82, 2.24) is 4.31 Å². The summed E-state index contributed by atoms with van der Waals surface area (Å²) in [7, 11) is -3.16. The van der Waals surface area contributed by atoms with Crippen molar-refractivity contribution in [3.05, 3.63) is 59.2 Å². The molecule has 2 aromatic carbocycles. The summed E-state index contributed by atoms with van der Waals surface area (Å²) >= 11 is 0. The van der Waals surface area contributed by atoms with Gasteiger partial charge in [0.15, 0.2) is 11.6 Å². The van der Waals surface area contributed by atoms with Gasteiger partial charge in [-0.2, -0.15) is 4.31 Å². The summed E-state index contributed by atoms with van der Waals surface area (Å²) in [6, 6.07) is 3.85. The Morgan fingerprint density at radius 2 is 1.75 bits per heavy atom. The summed E-state index contributed by atoms with van der Waals surface area (Å²) < 4.78 is 85.2. The molecule has 0 atom stereocenters. The average Bonchev–Trinajstić information content (AvgIpc) is 2.63. The third-order valence-corrected chi connectivity index (χ3v) is 6.00. The number of carbonyl (C=O) groups excluding carboxylic acids is 1. The van der Waals surface area contributed by atoms with Crippen LogP contribution in [0.15, 0.2) is 35.2 Å². The van der Waals surface area contributed by atoms with Gasteiger partial charge < -0.3 is 9.64 Å². The standard InChI is InChI=1S/C17H14F4N2O4S/c1-27-17(24)8-22-9-23(7-10-4-13(20)14(21)6-12(10)19)28(25,26)16-5-11(18)2-3-15(16)22/h2-6H,7-9H2,1H3. The normalized spacial score (nSPS) is 16.0. The molecular weight excluding hydrogens is 404 g/mol. The molecule has 0 amide bonds. The van der Waals surface area contributed by atoms with Crippen molar-refractivity contribution in [2.75, 3.05) is 25.2 Å². The van der Waals surface area contributed by atoms with Crippen molar-refractivity contribution in [3.8, 4) is 0 Å². The van der Waals surface area contributed by atoms with E-state index in [1.807, 2.05) is 0 Å². The van der Waals surface area contributed by atoms with Crippen LogP contribution in [0.5, 0.6) is 0 Å². The highest BCUT2D eigenvalue weighted by atomic mass is 32.2. The van der Waals surface area contributed by atoms with Crippen LogP contribution in [0, 0.1) is 23.3 Å². The average molecular weight is 418 g/mol. The quantitative estimate of drug-likeness (QED) is 0.433. The third kappa shape index (κ3) is 3.67. The van der Waals surface area contributed by atoms with E-state index in [2.05, 4.69) is 4.74 Å². The number of benzene rings is 2. The first-order chi connectivity index (χ1) is 13.1. The fourth-order valence-electron chi connectivity index (χ4n) is 2.80. The van der Waals surface area contributed by atoms with E-state index < -0.39 is 62.9 Å². The summed E-state index contributed by atoms with van der Waals surface area (Å²) in [6.07, 6.45) is 0. The minimum absolute atomic E-state index is 0.0637. The van der Waals surface area contributed by atoms with Crippen molar-refractivity contribution >= 4 is 21.7 Å². The summed E-state index contributed by atoms with van der Waals surface area (Å²) in [6.45, 7) is -1.42. The molecule has 11 heteroatoms. The Morgan fingerprint density at radius 3 is 2.43 bits per heavy atom.